The summed E-state index contributed by atoms with van der Waals surface area (Å²) >= 11 is 11.8. The lowest BCUT2D eigenvalue weighted by molar-refractivity contribution is 0.0245. The van der Waals surface area contributed by atoms with Gasteiger partial charge in [-0.2, -0.15) is 0 Å². The summed E-state index contributed by atoms with van der Waals surface area (Å²) in [7, 11) is 0. The number of aliphatic hydroxyl groups is 1. The summed E-state index contributed by atoms with van der Waals surface area (Å²) in [4.78, 5) is 2.42. The molecule has 0 aromatic heterocycles. The lowest BCUT2D eigenvalue weighted by Crippen LogP contribution is -2.39. The molecule has 3 nitrogen and oxygen atoms in total. The molecule has 1 aliphatic heterocycles. The highest BCUT2D eigenvalue weighted by Crippen LogP contribution is 2.24. The molecule has 0 bridgehead atoms. The lowest BCUT2D eigenvalue weighted by Gasteiger charge is -2.34. The molecule has 1 aliphatic rings. The Labute approximate surface area is 159 Å². The van der Waals surface area contributed by atoms with Crippen molar-refractivity contribution in [1.82, 2.24) is 4.90 Å². The molecule has 1 fully saturated rings. The summed E-state index contributed by atoms with van der Waals surface area (Å²) in [6.07, 6.45) is 1.53. The van der Waals surface area contributed by atoms with Gasteiger partial charge in [-0.3, -0.25) is 4.90 Å². The minimum Gasteiger partial charge on any atom is -0.491 e. The van der Waals surface area contributed by atoms with Crippen LogP contribution in [0.5, 0.6) is 5.75 Å². The maximum atomic E-state index is 10.4. The van der Waals surface area contributed by atoms with Gasteiger partial charge >= 0.3 is 0 Å². The average molecular weight is 380 g/mol. The number of hydrogen-bond donors (Lipinski definition) is 1. The van der Waals surface area contributed by atoms with Gasteiger partial charge in [0.15, 0.2) is 0 Å². The van der Waals surface area contributed by atoms with Crippen molar-refractivity contribution in [3.8, 4) is 5.75 Å². The Balaban J connectivity index is 1.41. The summed E-state index contributed by atoms with van der Waals surface area (Å²) in [5.41, 5.74) is 1.27. The van der Waals surface area contributed by atoms with Crippen molar-refractivity contribution < 1.29 is 9.84 Å². The molecule has 0 spiro atoms. The monoisotopic (exact) mass is 379 g/mol. The second-order valence-electron chi connectivity index (χ2n) is 6.57. The van der Waals surface area contributed by atoms with E-state index in [4.69, 9.17) is 27.9 Å². The van der Waals surface area contributed by atoms with Gasteiger partial charge in [-0.05, 0) is 73.8 Å². The normalized spacial score (nSPS) is 17.4. The molecule has 0 saturated carbocycles. The number of piperidine rings is 1. The number of halogens is 2. The summed E-state index contributed by atoms with van der Waals surface area (Å²) < 4.78 is 5.67. The standard InChI is InChI=1S/C20H23Cl2NO2/c21-17-3-1-15(2-4-17)13-23-11-9-16(10-12-23)20(24)14-25-19-7-5-18(22)6-8-19/h1-8,16,20,24H,9-14H2. The third-order valence-electron chi connectivity index (χ3n) is 4.73. The van der Waals surface area contributed by atoms with E-state index < -0.39 is 6.10 Å². The first-order chi connectivity index (χ1) is 12.1. The Morgan fingerprint density at radius 1 is 0.960 bits per heavy atom. The molecule has 0 radical (unpaired) electrons. The van der Waals surface area contributed by atoms with Crippen molar-refractivity contribution in [2.75, 3.05) is 19.7 Å². The molecule has 1 N–H and O–H groups in total. The van der Waals surface area contributed by atoms with E-state index in [9.17, 15) is 5.11 Å². The SMILES string of the molecule is OC(COc1ccc(Cl)cc1)C1CCN(Cc2ccc(Cl)cc2)CC1. The zero-order valence-corrected chi connectivity index (χ0v) is 15.6. The Morgan fingerprint density at radius 3 is 2.12 bits per heavy atom. The number of benzene rings is 2. The Hall–Kier alpha value is -1.26. The van der Waals surface area contributed by atoms with E-state index in [1.807, 2.05) is 24.3 Å². The first kappa shape index (κ1) is 18.5. The van der Waals surface area contributed by atoms with E-state index in [0.717, 1.165) is 43.2 Å². The average Bonchev–Trinajstić information content (AvgIpc) is 2.63. The zero-order valence-electron chi connectivity index (χ0n) is 14.1. The van der Waals surface area contributed by atoms with Crippen LogP contribution in [0.3, 0.4) is 0 Å². The van der Waals surface area contributed by atoms with Crippen LogP contribution in [0.1, 0.15) is 18.4 Å². The van der Waals surface area contributed by atoms with Crippen molar-refractivity contribution in [2.45, 2.75) is 25.5 Å². The zero-order chi connectivity index (χ0) is 17.6. The third-order valence-corrected chi connectivity index (χ3v) is 5.23. The third kappa shape index (κ3) is 5.61. The molecular formula is C20H23Cl2NO2. The Morgan fingerprint density at radius 2 is 1.52 bits per heavy atom. The largest absolute Gasteiger partial charge is 0.491 e. The number of ether oxygens (including phenoxy) is 1. The second-order valence-corrected chi connectivity index (χ2v) is 7.45. The van der Waals surface area contributed by atoms with Gasteiger partial charge < -0.3 is 9.84 Å². The Kier molecular flexibility index (Phi) is 6.60. The number of nitrogens with zero attached hydrogens (tertiary/aromatic N) is 1. The molecule has 1 heterocycles. The summed E-state index contributed by atoms with van der Waals surface area (Å²) in [5, 5.41) is 11.9. The van der Waals surface area contributed by atoms with Crippen molar-refractivity contribution >= 4 is 23.2 Å². The number of likely N-dealkylation sites (tertiary alicyclic amines) is 1. The van der Waals surface area contributed by atoms with Crippen LogP contribution < -0.4 is 4.74 Å². The van der Waals surface area contributed by atoms with Gasteiger partial charge in [-0.1, -0.05) is 35.3 Å². The highest BCUT2D eigenvalue weighted by molar-refractivity contribution is 6.30. The van der Waals surface area contributed by atoms with Gasteiger partial charge in [-0.15, -0.1) is 0 Å². The highest BCUT2D eigenvalue weighted by Gasteiger charge is 2.25. The maximum absolute atomic E-state index is 10.4. The van der Waals surface area contributed by atoms with Crippen LogP contribution in [0.2, 0.25) is 10.0 Å². The van der Waals surface area contributed by atoms with E-state index in [2.05, 4.69) is 17.0 Å². The Bertz CT molecular complexity index is 652. The maximum Gasteiger partial charge on any atom is 0.119 e. The fraction of sp³-hybridized carbons (Fsp3) is 0.400. The first-order valence-corrected chi connectivity index (χ1v) is 9.39. The van der Waals surface area contributed by atoms with Gasteiger partial charge in [0.1, 0.15) is 12.4 Å². The molecule has 2 aromatic carbocycles. The van der Waals surface area contributed by atoms with Crippen molar-refractivity contribution in [3.05, 3.63) is 64.1 Å². The molecule has 2 aromatic rings. The van der Waals surface area contributed by atoms with E-state index in [0.29, 0.717) is 11.6 Å². The van der Waals surface area contributed by atoms with Gasteiger partial charge in [0.25, 0.3) is 0 Å². The van der Waals surface area contributed by atoms with Gasteiger partial charge in [0, 0.05) is 16.6 Å². The highest BCUT2D eigenvalue weighted by atomic mass is 35.5. The molecule has 1 unspecified atom stereocenters. The van der Waals surface area contributed by atoms with Gasteiger partial charge in [0.2, 0.25) is 0 Å². The molecule has 1 saturated heterocycles. The molecule has 0 amide bonds. The number of hydrogen-bond acceptors (Lipinski definition) is 3. The molecule has 3 rings (SSSR count). The molecular weight excluding hydrogens is 357 g/mol. The molecule has 25 heavy (non-hydrogen) atoms. The van der Waals surface area contributed by atoms with Crippen LogP contribution in [-0.2, 0) is 6.54 Å². The molecule has 5 heteroatoms. The summed E-state index contributed by atoms with van der Waals surface area (Å²) in [6, 6.07) is 15.2. The van der Waals surface area contributed by atoms with Crippen LogP contribution in [0.15, 0.2) is 48.5 Å². The van der Waals surface area contributed by atoms with Gasteiger partial charge in [0.05, 0.1) is 6.10 Å². The van der Waals surface area contributed by atoms with Crippen LogP contribution in [0.25, 0.3) is 0 Å². The minimum absolute atomic E-state index is 0.286. The predicted molar refractivity (Wildman–Crippen MR) is 102 cm³/mol. The minimum atomic E-state index is -0.437. The number of aliphatic hydroxyl groups excluding tert-OH is 1. The second kappa shape index (κ2) is 8.91. The summed E-state index contributed by atoms with van der Waals surface area (Å²) in [6.45, 7) is 3.24. The van der Waals surface area contributed by atoms with Crippen molar-refractivity contribution in [3.63, 3.8) is 0 Å². The first-order valence-electron chi connectivity index (χ1n) is 8.63. The summed E-state index contributed by atoms with van der Waals surface area (Å²) in [5.74, 6) is 1.03. The molecule has 1 atom stereocenters. The van der Waals surface area contributed by atoms with Crippen molar-refractivity contribution in [2.24, 2.45) is 5.92 Å². The van der Waals surface area contributed by atoms with Gasteiger partial charge in [-0.25, -0.2) is 0 Å². The van der Waals surface area contributed by atoms with E-state index in [1.54, 1.807) is 12.1 Å². The van der Waals surface area contributed by atoms with E-state index >= 15 is 0 Å². The van der Waals surface area contributed by atoms with Crippen LogP contribution in [0.4, 0.5) is 0 Å². The van der Waals surface area contributed by atoms with E-state index in [-0.39, 0.29) is 5.92 Å². The fourth-order valence-electron chi connectivity index (χ4n) is 3.19. The van der Waals surface area contributed by atoms with Crippen LogP contribution >= 0.6 is 23.2 Å². The quantitative estimate of drug-likeness (QED) is 0.792. The fourth-order valence-corrected chi connectivity index (χ4v) is 3.44. The van der Waals surface area contributed by atoms with Crippen LogP contribution in [0, 0.1) is 5.92 Å². The topological polar surface area (TPSA) is 32.7 Å². The molecule has 134 valence electrons. The predicted octanol–water partition coefficient (Wildman–Crippen LogP) is 4.65. The van der Waals surface area contributed by atoms with Crippen LogP contribution in [-0.4, -0.2) is 35.8 Å². The van der Waals surface area contributed by atoms with Crippen molar-refractivity contribution in [1.29, 1.82) is 0 Å². The number of rotatable bonds is 6. The lowest BCUT2D eigenvalue weighted by atomic mass is 9.91. The smallest absolute Gasteiger partial charge is 0.119 e. The van der Waals surface area contributed by atoms with E-state index in [1.165, 1.54) is 5.56 Å². The molecule has 0 aliphatic carbocycles.